The van der Waals surface area contributed by atoms with E-state index in [1.165, 1.54) is 0 Å². The highest BCUT2D eigenvalue weighted by Gasteiger charge is 2.13. The molecule has 0 saturated heterocycles. The fourth-order valence-electron chi connectivity index (χ4n) is 1.60. The first-order chi connectivity index (χ1) is 7.01. The zero-order valence-corrected chi connectivity index (χ0v) is 10.7. The van der Waals surface area contributed by atoms with Gasteiger partial charge in [-0.3, -0.25) is 0 Å². The van der Waals surface area contributed by atoms with E-state index >= 15 is 0 Å². The number of nitriles is 1. The third-order valence-corrected chi connectivity index (χ3v) is 2.54. The van der Waals surface area contributed by atoms with Gasteiger partial charge in [-0.05, 0) is 33.2 Å². The minimum absolute atomic E-state index is 0.0154. The molecule has 1 unspecified atom stereocenters. The predicted molar refractivity (Wildman–Crippen MR) is 64.6 cm³/mol. The van der Waals surface area contributed by atoms with Crippen LogP contribution in [0.1, 0.15) is 34.1 Å². The highest BCUT2D eigenvalue weighted by Crippen LogP contribution is 2.06. The summed E-state index contributed by atoms with van der Waals surface area (Å²) in [4.78, 5) is 2.44. The summed E-state index contributed by atoms with van der Waals surface area (Å²) >= 11 is 0. The van der Waals surface area contributed by atoms with Crippen LogP contribution < -0.4 is 5.32 Å². The van der Waals surface area contributed by atoms with Crippen LogP contribution in [0.15, 0.2) is 0 Å². The summed E-state index contributed by atoms with van der Waals surface area (Å²) in [5, 5.41) is 11.8. The number of nitrogens with zero attached hydrogens (tertiary/aromatic N) is 2. The SMILES string of the molecule is CNC(C#N)CCN(CC(C)C)C(C)C. The van der Waals surface area contributed by atoms with Crippen molar-refractivity contribution in [2.24, 2.45) is 5.92 Å². The van der Waals surface area contributed by atoms with Gasteiger partial charge < -0.3 is 10.2 Å². The Hall–Kier alpha value is -0.590. The molecule has 0 radical (unpaired) electrons. The summed E-state index contributed by atoms with van der Waals surface area (Å²) in [6.45, 7) is 11.0. The Bertz CT molecular complexity index is 194. The van der Waals surface area contributed by atoms with Crippen LogP contribution in [0.4, 0.5) is 0 Å². The molecule has 0 rings (SSSR count). The minimum Gasteiger partial charge on any atom is -0.305 e. The molecule has 0 aliphatic rings. The molecule has 0 bridgehead atoms. The van der Waals surface area contributed by atoms with Gasteiger partial charge in [-0.1, -0.05) is 13.8 Å². The number of hydrogen-bond acceptors (Lipinski definition) is 3. The van der Waals surface area contributed by atoms with E-state index in [4.69, 9.17) is 5.26 Å². The van der Waals surface area contributed by atoms with Gasteiger partial charge in [0.2, 0.25) is 0 Å². The maximum Gasteiger partial charge on any atom is 0.0962 e. The first kappa shape index (κ1) is 14.4. The van der Waals surface area contributed by atoms with Crippen LogP contribution in [0.5, 0.6) is 0 Å². The summed E-state index contributed by atoms with van der Waals surface area (Å²) in [7, 11) is 1.84. The van der Waals surface area contributed by atoms with E-state index in [0.717, 1.165) is 19.5 Å². The molecule has 0 aromatic carbocycles. The molecule has 0 aliphatic heterocycles. The monoisotopic (exact) mass is 211 g/mol. The summed E-state index contributed by atoms with van der Waals surface area (Å²) in [6.07, 6.45) is 0.901. The lowest BCUT2D eigenvalue weighted by molar-refractivity contribution is 0.192. The molecule has 15 heavy (non-hydrogen) atoms. The maximum absolute atomic E-state index is 8.83. The Kier molecular flexibility index (Phi) is 7.37. The molecule has 3 nitrogen and oxygen atoms in total. The average Bonchev–Trinajstić information content (AvgIpc) is 2.16. The van der Waals surface area contributed by atoms with Crippen LogP contribution in [0.25, 0.3) is 0 Å². The molecule has 1 N–H and O–H groups in total. The fourth-order valence-corrected chi connectivity index (χ4v) is 1.60. The van der Waals surface area contributed by atoms with Crippen molar-refractivity contribution < 1.29 is 0 Å². The van der Waals surface area contributed by atoms with Gasteiger partial charge >= 0.3 is 0 Å². The summed E-state index contributed by atoms with van der Waals surface area (Å²) in [5.41, 5.74) is 0. The van der Waals surface area contributed by atoms with Gasteiger partial charge in [-0.15, -0.1) is 0 Å². The van der Waals surface area contributed by atoms with Crippen LogP contribution in [0.3, 0.4) is 0 Å². The molecule has 3 heteroatoms. The van der Waals surface area contributed by atoms with Crippen molar-refractivity contribution in [2.45, 2.75) is 46.2 Å². The van der Waals surface area contributed by atoms with E-state index in [-0.39, 0.29) is 6.04 Å². The summed E-state index contributed by atoms with van der Waals surface area (Å²) < 4.78 is 0. The minimum atomic E-state index is -0.0154. The van der Waals surface area contributed by atoms with Crippen LogP contribution in [-0.2, 0) is 0 Å². The van der Waals surface area contributed by atoms with E-state index in [9.17, 15) is 0 Å². The van der Waals surface area contributed by atoms with Crippen molar-refractivity contribution in [2.75, 3.05) is 20.1 Å². The highest BCUT2D eigenvalue weighted by molar-refractivity contribution is 4.89. The van der Waals surface area contributed by atoms with Gasteiger partial charge in [-0.2, -0.15) is 5.26 Å². The second kappa shape index (κ2) is 7.67. The lowest BCUT2D eigenvalue weighted by Gasteiger charge is -2.28. The Morgan fingerprint density at radius 3 is 2.20 bits per heavy atom. The van der Waals surface area contributed by atoms with E-state index in [1.54, 1.807) is 0 Å². The largest absolute Gasteiger partial charge is 0.305 e. The Labute approximate surface area is 94.5 Å². The lowest BCUT2D eigenvalue weighted by atomic mass is 10.1. The van der Waals surface area contributed by atoms with Crippen molar-refractivity contribution in [1.29, 1.82) is 5.26 Å². The van der Waals surface area contributed by atoms with Crippen molar-refractivity contribution in [3.63, 3.8) is 0 Å². The molecule has 0 amide bonds. The fraction of sp³-hybridized carbons (Fsp3) is 0.917. The third kappa shape index (κ3) is 6.48. The molecule has 0 aromatic rings. The smallest absolute Gasteiger partial charge is 0.0962 e. The van der Waals surface area contributed by atoms with Crippen LogP contribution in [0.2, 0.25) is 0 Å². The Morgan fingerprint density at radius 1 is 1.27 bits per heavy atom. The van der Waals surface area contributed by atoms with E-state index in [1.807, 2.05) is 7.05 Å². The van der Waals surface area contributed by atoms with Crippen molar-refractivity contribution in [3.05, 3.63) is 0 Å². The van der Waals surface area contributed by atoms with Gasteiger partial charge in [0.05, 0.1) is 12.1 Å². The second-order valence-corrected chi connectivity index (χ2v) is 4.74. The van der Waals surface area contributed by atoms with Crippen molar-refractivity contribution in [1.82, 2.24) is 10.2 Å². The van der Waals surface area contributed by atoms with E-state index < -0.39 is 0 Å². The zero-order chi connectivity index (χ0) is 11.8. The molecule has 1 atom stereocenters. The highest BCUT2D eigenvalue weighted by atomic mass is 15.1. The van der Waals surface area contributed by atoms with E-state index in [2.05, 4.69) is 44.0 Å². The summed E-state index contributed by atoms with van der Waals surface area (Å²) in [5.74, 6) is 0.683. The van der Waals surface area contributed by atoms with Crippen LogP contribution in [0, 0.1) is 17.2 Å². The molecule has 0 spiro atoms. The molecule has 0 aliphatic carbocycles. The first-order valence-corrected chi connectivity index (χ1v) is 5.82. The van der Waals surface area contributed by atoms with E-state index in [0.29, 0.717) is 12.0 Å². The van der Waals surface area contributed by atoms with Crippen LogP contribution >= 0.6 is 0 Å². The number of rotatable bonds is 7. The lowest BCUT2D eigenvalue weighted by Crippen LogP contribution is -2.38. The number of nitrogens with one attached hydrogen (secondary N) is 1. The first-order valence-electron chi connectivity index (χ1n) is 5.82. The topological polar surface area (TPSA) is 39.1 Å². The molecule has 0 fully saturated rings. The van der Waals surface area contributed by atoms with Crippen molar-refractivity contribution in [3.8, 4) is 6.07 Å². The maximum atomic E-state index is 8.83. The van der Waals surface area contributed by atoms with Crippen LogP contribution in [-0.4, -0.2) is 37.1 Å². The summed E-state index contributed by atoms with van der Waals surface area (Å²) in [6, 6.07) is 2.81. The number of hydrogen-bond donors (Lipinski definition) is 1. The predicted octanol–water partition coefficient (Wildman–Crippen LogP) is 1.85. The third-order valence-electron chi connectivity index (χ3n) is 2.54. The Balaban J connectivity index is 4.01. The quantitative estimate of drug-likeness (QED) is 0.698. The Morgan fingerprint density at radius 2 is 1.87 bits per heavy atom. The van der Waals surface area contributed by atoms with Gasteiger partial charge in [0.15, 0.2) is 0 Å². The molecule has 88 valence electrons. The van der Waals surface area contributed by atoms with Gasteiger partial charge in [0.1, 0.15) is 0 Å². The molecule has 0 saturated carbocycles. The molecular formula is C12H25N3. The standard InChI is InChI=1S/C12H25N3/c1-10(2)9-15(11(3)4)7-6-12(8-13)14-5/h10-12,14H,6-7,9H2,1-5H3. The molecular weight excluding hydrogens is 186 g/mol. The second-order valence-electron chi connectivity index (χ2n) is 4.74. The van der Waals surface area contributed by atoms with Gasteiger partial charge in [0, 0.05) is 19.1 Å². The van der Waals surface area contributed by atoms with Crippen molar-refractivity contribution >= 4 is 0 Å². The average molecular weight is 211 g/mol. The van der Waals surface area contributed by atoms with Gasteiger partial charge in [-0.25, -0.2) is 0 Å². The molecule has 0 heterocycles. The zero-order valence-electron chi connectivity index (χ0n) is 10.7. The normalized spacial score (nSPS) is 13.5. The molecule has 0 aromatic heterocycles. The van der Waals surface area contributed by atoms with Gasteiger partial charge in [0.25, 0.3) is 0 Å².